The monoisotopic (exact) mass is 258 g/mol. The van der Waals surface area contributed by atoms with E-state index in [-0.39, 0.29) is 5.56 Å². The smallest absolute Gasteiger partial charge is 0.353 e. The van der Waals surface area contributed by atoms with Gasteiger partial charge >= 0.3 is 6.18 Å². The van der Waals surface area contributed by atoms with E-state index in [4.69, 9.17) is 5.26 Å². The first-order valence-corrected chi connectivity index (χ1v) is 5.34. The maximum atomic E-state index is 12.2. The Morgan fingerprint density at radius 2 is 2.06 bits per heavy atom. The number of hydrogen-bond acceptors (Lipinski definition) is 2. The van der Waals surface area contributed by atoms with Crippen molar-refractivity contribution in [3.05, 3.63) is 24.0 Å². The Morgan fingerprint density at radius 1 is 1.44 bits per heavy atom. The lowest BCUT2D eigenvalue weighted by Gasteiger charge is -2.14. The summed E-state index contributed by atoms with van der Waals surface area (Å²) >= 11 is 0. The van der Waals surface area contributed by atoms with Gasteiger partial charge in [0.2, 0.25) is 0 Å². The van der Waals surface area contributed by atoms with Crippen molar-refractivity contribution in [2.24, 2.45) is 5.41 Å². The quantitative estimate of drug-likeness (QED) is 0.778. The second kappa shape index (κ2) is 4.84. The van der Waals surface area contributed by atoms with Gasteiger partial charge in [0.25, 0.3) is 5.78 Å². The van der Waals surface area contributed by atoms with E-state index in [1.807, 2.05) is 0 Å². The van der Waals surface area contributed by atoms with E-state index in [0.29, 0.717) is 13.0 Å². The van der Waals surface area contributed by atoms with Crippen LogP contribution in [0.5, 0.6) is 0 Å². The van der Waals surface area contributed by atoms with Crippen LogP contribution in [0.15, 0.2) is 18.5 Å². The van der Waals surface area contributed by atoms with Crippen molar-refractivity contribution in [1.82, 2.24) is 4.57 Å². The molecule has 1 aromatic heterocycles. The Kier molecular flexibility index (Phi) is 3.85. The molecule has 3 nitrogen and oxygen atoms in total. The maximum Gasteiger partial charge on any atom is 0.454 e. The number of ketones is 1. The Balaban J connectivity index is 2.71. The molecular formula is C12H13F3N2O. The molecule has 0 fully saturated rings. The van der Waals surface area contributed by atoms with E-state index in [1.165, 1.54) is 10.8 Å². The first kappa shape index (κ1) is 14.3. The number of hydrogen-bond donors (Lipinski definition) is 0. The molecule has 0 aromatic carbocycles. The number of nitriles is 1. The molecule has 0 radical (unpaired) electrons. The van der Waals surface area contributed by atoms with E-state index < -0.39 is 17.4 Å². The van der Waals surface area contributed by atoms with Crippen LogP contribution in [0.2, 0.25) is 0 Å². The summed E-state index contributed by atoms with van der Waals surface area (Å²) < 4.78 is 38.0. The van der Waals surface area contributed by atoms with E-state index in [9.17, 15) is 18.0 Å². The fourth-order valence-electron chi connectivity index (χ4n) is 1.34. The average molecular weight is 258 g/mol. The highest BCUT2D eigenvalue weighted by atomic mass is 19.4. The van der Waals surface area contributed by atoms with Crippen LogP contribution in [-0.4, -0.2) is 16.5 Å². The molecule has 6 heteroatoms. The summed E-state index contributed by atoms with van der Waals surface area (Å²) in [6.45, 7) is 3.89. The Labute approximate surface area is 103 Å². The van der Waals surface area contributed by atoms with Crippen molar-refractivity contribution >= 4 is 5.78 Å². The van der Waals surface area contributed by atoms with Gasteiger partial charge in [-0.25, -0.2) is 0 Å². The Bertz CT molecular complexity index is 480. The number of carbonyl (C=O) groups excluding carboxylic acids is 1. The van der Waals surface area contributed by atoms with Gasteiger partial charge in [-0.15, -0.1) is 0 Å². The predicted octanol–water partition coefficient (Wildman–Crippen LogP) is 3.17. The Morgan fingerprint density at radius 3 is 2.56 bits per heavy atom. The zero-order valence-electron chi connectivity index (χ0n) is 10.1. The van der Waals surface area contributed by atoms with Gasteiger partial charge < -0.3 is 4.57 Å². The summed E-state index contributed by atoms with van der Waals surface area (Å²) in [6.07, 6.45) is -1.79. The van der Waals surface area contributed by atoms with Crippen molar-refractivity contribution in [3.63, 3.8) is 0 Å². The second-order valence-electron chi connectivity index (χ2n) is 4.71. The van der Waals surface area contributed by atoms with Crippen LogP contribution >= 0.6 is 0 Å². The third kappa shape index (κ3) is 3.62. The summed E-state index contributed by atoms with van der Waals surface area (Å²) in [6, 6.07) is 3.24. The third-order valence-electron chi connectivity index (χ3n) is 2.57. The van der Waals surface area contributed by atoms with Crippen LogP contribution in [0.3, 0.4) is 0 Å². The van der Waals surface area contributed by atoms with Crippen LogP contribution < -0.4 is 0 Å². The van der Waals surface area contributed by atoms with Crippen molar-refractivity contribution in [2.45, 2.75) is 33.0 Å². The number of Topliss-reactive ketones (excluding diaryl/α,β-unsaturated/α-hetero) is 1. The van der Waals surface area contributed by atoms with Crippen LogP contribution in [-0.2, 0) is 6.54 Å². The highest BCUT2D eigenvalue weighted by Crippen LogP contribution is 2.23. The molecule has 0 unspecified atom stereocenters. The summed E-state index contributed by atoms with van der Waals surface area (Å²) in [5.74, 6) is -1.85. The van der Waals surface area contributed by atoms with Crippen LogP contribution in [0.4, 0.5) is 13.2 Å². The lowest BCUT2D eigenvalue weighted by atomic mass is 9.91. The number of aryl methyl sites for hydroxylation is 1. The van der Waals surface area contributed by atoms with Crippen LogP contribution in [0.1, 0.15) is 30.6 Å². The molecule has 0 N–H and O–H groups in total. The minimum absolute atomic E-state index is 0.378. The van der Waals surface area contributed by atoms with Crippen LogP contribution in [0, 0.1) is 16.7 Å². The van der Waals surface area contributed by atoms with Crippen molar-refractivity contribution in [1.29, 1.82) is 5.26 Å². The summed E-state index contributed by atoms with van der Waals surface area (Å²) in [4.78, 5) is 10.9. The summed E-state index contributed by atoms with van der Waals surface area (Å²) in [5, 5.41) is 8.81. The first-order valence-electron chi connectivity index (χ1n) is 5.34. The molecule has 0 aliphatic heterocycles. The van der Waals surface area contributed by atoms with E-state index in [0.717, 1.165) is 12.3 Å². The molecule has 18 heavy (non-hydrogen) atoms. The molecule has 0 aliphatic carbocycles. The number of carbonyl (C=O) groups is 1. The fraction of sp³-hybridized carbons (Fsp3) is 0.500. The normalized spacial score (nSPS) is 12.2. The molecule has 0 spiro atoms. The molecule has 0 atom stereocenters. The summed E-state index contributed by atoms with van der Waals surface area (Å²) in [5.41, 5.74) is -0.921. The Hall–Kier alpha value is -1.77. The van der Waals surface area contributed by atoms with Crippen molar-refractivity contribution in [3.8, 4) is 6.07 Å². The fourth-order valence-corrected chi connectivity index (χ4v) is 1.34. The molecule has 0 amide bonds. The number of nitrogens with zero attached hydrogens (tertiary/aromatic N) is 2. The number of halogens is 3. The van der Waals surface area contributed by atoms with Gasteiger partial charge in [0.1, 0.15) is 0 Å². The van der Waals surface area contributed by atoms with Crippen molar-refractivity contribution < 1.29 is 18.0 Å². The SMILES string of the molecule is CC(C)(C#N)CCn1ccc(C(=O)C(F)(F)F)c1. The van der Waals surface area contributed by atoms with Gasteiger partial charge in [-0.3, -0.25) is 4.79 Å². The molecule has 98 valence electrons. The highest BCUT2D eigenvalue weighted by molar-refractivity contribution is 6.00. The molecule has 1 aromatic rings. The molecule has 1 rings (SSSR count). The van der Waals surface area contributed by atoms with Gasteiger partial charge in [-0.1, -0.05) is 0 Å². The number of rotatable bonds is 4. The molecule has 1 heterocycles. The van der Waals surface area contributed by atoms with Gasteiger partial charge in [0.15, 0.2) is 0 Å². The third-order valence-corrected chi connectivity index (χ3v) is 2.57. The maximum absolute atomic E-state index is 12.2. The first-order chi connectivity index (χ1) is 8.15. The standard InChI is InChI=1S/C12H13F3N2O/c1-11(2,8-16)4-6-17-5-3-9(7-17)10(18)12(13,14)15/h3,5,7H,4,6H2,1-2H3. The highest BCUT2D eigenvalue weighted by Gasteiger charge is 2.39. The molecule has 0 saturated carbocycles. The van der Waals surface area contributed by atoms with Gasteiger partial charge in [-0.2, -0.15) is 18.4 Å². The van der Waals surface area contributed by atoms with E-state index in [1.54, 1.807) is 13.8 Å². The van der Waals surface area contributed by atoms with Gasteiger partial charge in [-0.05, 0) is 26.3 Å². The second-order valence-corrected chi connectivity index (χ2v) is 4.71. The largest absolute Gasteiger partial charge is 0.454 e. The number of aromatic nitrogens is 1. The molecule has 0 saturated heterocycles. The van der Waals surface area contributed by atoms with Crippen LogP contribution in [0.25, 0.3) is 0 Å². The summed E-state index contributed by atoms with van der Waals surface area (Å²) in [7, 11) is 0. The minimum Gasteiger partial charge on any atom is -0.353 e. The zero-order chi connectivity index (χ0) is 14.0. The minimum atomic E-state index is -4.85. The zero-order valence-corrected chi connectivity index (χ0v) is 10.1. The lowest BCUT2D eigenvalue weighted by molar-refractivity contribution is -0.0885. The van der Waals surface area contributed by atoms with E-state index >= 15 is 0 Å². The average Bonchev–Trinajstić information content (AvgIpc) is 2.73. The van der Waals surface area contributed by atoms with Gasteiger partial charge in [0.05, 0.1) is 11.5 Å². The van der Waals surface area contributed by atoms with Crippen molar-refractivity contribution in [2.75, 3.05) is 0 Å². The number of alkyl halides is 3. The molecule has 0 bridgehead atoms. The van der Waals surface area contributed by atoms with Gasteiger partial charge in [0, 0.05) is 24.5 Å². The predicted molar refractivity (Wildman–Crippen MR) is 58.8 cm³/mol. The molecular weight excluding hydrogens is 245 g/mol. The van der Waals surface area contributed by atoms with E-state index in [2.05, 4.69) is 6.07 Å². The lowest BCUT2D eigenvalue weighted by Crippen LogP contribution is -2.22. The topological polar surface area (TPSA) is 45.8 Å². The molecule has 0 aliphatic rings.